The van der Waals surface area contributed by atoms with Crippen molar-refractivity contribution < 1.29 is 14.2 Å². The van der Waals surface area contributed by atoms with E-state index in [-0.39, 0.29) is 40.9 Å². The third kappa shape index (κ3) is 13.0. The van der Waals surface area contributed by atoms with Crippen molar-refractivity contribution in [3.63, 3.8) is 0 Å². The molecule has 9 aliphatic heterocycles. The summed E-state index contributed by atoms with van der Waals surface area (Å²) in [5.74, 6) is 0.743. The van der Waals surface area contributed by atoms with Crippen molar-refractivity contribution in [1.82, 2.24) is 41.3 Å². The maximum atomic E-state index is 5.64. The lowest BCUT2D eigenvalue weighted by atomic mass is 9.79. The van der Waals surface area contributed by atoms with E-state index in [9.17, 15) is 0 Å². The average molecular weight is 767 g/mol. The van der Waals surface area contributed by atoms with Crippen molar-refractivity contribution in [3.8, 4) is 0 Å². The monoisotopic (exact) mass is 767 g/mol. The third-order valence-corrected chi connectivity index (χ3v) is 13.4. The molecule has 1 unspecified atom stereocenters. The van der Waals surface area contributed by atoms with Gasteiger partial charge in [-0.3, -0.25) is 0 Å². The molecule has 5 spiro atoms. The van der Waals surface area contributed by atoms with Gasteiger partial charge in [-0.05, 0) is 110 Å². The van der Waals surface area contributed by atoms with Crippen molar-refractivity contribution in [3.05, 3.63) is 12.5 Å². The zero-order valence-electron chi connectivity index (χ0n) is 32.3. The van der Waals surface area contributed by atoms with Crippen LogP contribution in [0.5, 0.6) is 0 Å². The molecule has 1 atom stereocenters. The van der Waals surface area contributed by atoms with E-state index >= 15 is 0 Å². The number of piperidine rings is 1. The molecule has 1 saturated carbocycles. The zero-order chi connectivity index (χ0) is 35.0. The Morgan fingerprint density at radius 3 is 1.56 bits per heavy atom. The third-order valence-electron chi connectivity index (χ3n) is 13.4. The van der Waals surface area contributed by atoms with E-state index in [2.05, 4.69) is 68.9 Å². The smallest absolute Gasteiger partial charge is 0.180 e. The van der Waals surface area contributed by atoms with Crippen LogP contribution >= 0.6 is 0 Å². The van der Waals surface area contributed by atoms with Crippen LogP contribution in [0.1, 0.15) is 107 Å². The Bertz CT molecular complexity index is 1010. The van der Waals surface area contributed by atoms with Gasteiger partial charge in [0.2, 0.25) is 0 Å². The lowest BCUT2D eigenvalue weighted by molar-refractivity contribution is -0.0293. The van der Waals surface area contributed by atoms with E-state index in [1.54, 1.807) is 0 Å². The summed E-state index contributed by atoms with van der Waals surface area (Å²) in [5.41, 5.74) is 2.31. The number of rotatable bonds is 1. The molecular formula is C43H90N8O3. The highest BCUT2D eigenvalue weighted by atomic mass is 16.7. The Hall–Kier alpha value is -1.02. The first-order chi connectivity index (χ1) is 24.2. The molecule has 0 radical (unpaired) electrons. The van der Waals surface area contributed by atoms with Gasteiger partial charge in [0.15, 0.2) is 5.88 Å². The Morgan fingerprint density at radius 1 is 0.593 bits per heavy atom. The van der Waals surface area contributed by atoms with Gasteiger partial charge in [-0.1, -0.05) is 55.9 Å². The van der Waals surface area contributed by atoms with Gasteiger partial charge in [0.1, 0.15) is 12.4 Å². The SMILES string of the molecule is C.C.C.C.C1CCC2(CC1)COCO2.C=C1NCC2(CCNCC2)O1.CCN1CC2(CCNC2)C1.CN1CC2(CCNC2)C1.CN1CCC2(CCNC2)C1. The minimum Gasteiger partial charge on any atom is -0.471 e. The average Bonchev–Trinajstić information content (AvgIpc) is 3.95. The first kappa shape index (κ1) is 49.1. The van der Waals surface area contributed by atoms with Gasteiger partial charge >= 0.3 is 0 Å². The lowest BCUT2D eigenvalue weighted by Crippen LogP contribution is -2.56. The molecule has 0 amide bonds. The van der Waals surface area contributed by atoms with Crippen LogP contribution in [0.3, 0.4) is 0 Å². The van der Waals surface area contributed by atoms with Crippen LogP contribution in [-0.4, -0.2) is 158 Å². The summed E-state index contributed by atoms with van der Waals surface area (Å²) in [4.78, 5) is 7.37. The first-order valence-corrected chi connectivity index (χ1v) is 20.4. The quantitative estimate of drug-likeness (QED) is 0.251. The summed E-state index contributed by atoms with van der Waals surface area (Å²) in [6.07, 6.45) is 14.3. The number of nitrogens with one attached hydrogen (secondary N) is 5. The number of likely N-dealkylation sites (tertiary alicyclic amines) is 3. The largest absolute Gasteiger partial charge is 0.471 e. The maximum absolute atomic E-state index is 5.64. The Labute approximate surface area is 334 Å². The zero-order valence-corrected chi connectivity index (χ0v) is 32.3. The highest BCUT2D eigenvalue weighted by Gasteiger charge is 2.44. The standard InChI is InChI=1S/C8H14N2O.2C8H16N2.C8H14O2.C7H14N2.4CH4/c1-7-10-6-8(11-7)2-4-9-5-3-8;1-10-5-3-8(7-10)2-4-9-6-8;1-2-10-6-8(7-10)3-4-9-5-8;1-2-4-8(5-3-1)6-9-7-10-8;1-9-5-7(6-9)2-3-8-4-7;;;;/h9-10H,1-6H2;2*9H,2-7H2,1H3;1-7H2;8H,2-6H2,1H3;4*1H4. The van der Waals surface area contributed by atoms with Crippen LogP contribution in [0.25, 0.3) is 0 Å². The number of hydrogen-bond acceptors (Lipinski definition) is 11. The second-order valence-electron chi connectivity index (χ2n) is 17.9. The highest BCUT2D eigenvalue weighted by molar-refractivity contribution is 5.02. The molecule has 10 fully saturated rings. The van der Waals surface area contributed by atoms with E-state index in [1.165, 1.54) is 143 Å². The number of ether oxygens (including phenoxy) is 3. The predicted octanol–water partition coefficient (Wildman–Crippen LogP) is 4.95. The molecule has 9 heterocycles. The van der Waals surface area contributed by atoms with Gasteiger partial charge in [0.25, 0.3) is 0 Å². The van der Waals surface area contributed by atoms with Crippen LogP contribution < -0.4 is 26.6 Å². The second-order valence-corrected chi connectivity index (χ2v) is 17.9. The van der Waals surface area contributed by atoms with Gasteiger partial charge in [0, 0.05) is 76.0 Å². The summed E-state index contributed by atoms with van der Waals surface area (Å²) >= 11 is 0. The van der Waals surface area contributed by atoms with Gasteiger partial charge in [-0.2, -0.15) is 0 Å². The molecule has 0 aromatic carbocycles. The van der Waals surface area contributed by atoms with Crippen LogP contribution in [-0.2, 0) is 14.2 Å². The number of hydrogen-bond donors (Lipinski definition) is 5. The fraction of sp³-hybridized carbons (Fsp3) is 0.953. The molecule has 1 aliphatic carbocycles. The highest BCUT2D eigenvalue weighted by Crippen LogP contribution is 2.37. The minimum absolute atomic E-state index is 0. The molecule has 0 aromatic rings. The Kier molecular flexibility index (Phi) is 20.2. The summed E-state index contributed by atoms with van der Waals surface area (Å²) in [5, 5.41) is 16.7. The van der Waals surface area contributed by atoms with Crippen LogP contribution in [0.15, 0.2) is 12.5 Å². The van der Waals surface area contributed by atoms with Crippen molar-refractivity contribution in [2.24, 2.45) is 16.2 Å². The summed E-state index contributed by atoms with van der Waals surface area (Å²) in [7, 11) is 4.43. The summed E-state index contributed by atoms with van der Waals surface area (Å²) < 4.78 is 16.4. The summed E-state index contributed by atoms with van der Waals surface area (Å²) in [6, 6.07) is 0. The molecular weight excluding hydrogens is 677 g/mol. The van der Waals surface area contributed by atoms with Gasteiger partial charge < -0.3 is 55.5 Å². The van der Waals surface area contributed by atoms with E-state index in [4.69, 9.17) is 14.2 Å². The van der Waals surface area contributed by atoms with Gasteiger partial charge in [0.05, 0.1) is 18.8 Å². The van der Waals surface area contributed by atoms with Gasteiger partial charge in [-0.15, -0.1) is 0 Å². The second kappa shape index (κ2) is 22.2. The molecule has 10 rings (SSSR count). The van der Waals surface area contributed by atoms with Crippen molar-refractivity contribution in [2.45, 2.75) is 118 Å². The summed E-state index contributed by atoms with van der Waals surface area (Å²) in [6.45, 7) is 27.1. The lowest BCUT2D eigenvalue weighted by Gasteiger charge is -2.47. The molecule has 0 bridgehead atoms. The molecule has 10 aliphatic rings. The first-order valence-electron chi connectivity index (χ1n) is 20.4. The molecule has 11 nitrogen and oxygen atoms in total. The fourth-order valence-electron chi connectivity index (χ4n) is 10.3. The van der Waals surface area contributed by atoms with Crippen LogP contribution in [0, 0.1) is 16.2 Å². The van der Waals surface area contributed by atoms with Crippen molar-refractivity contribution in [2.75, 3.05) is 132 Å². The maximum Gasteiger partial charge on any atom is 0.180 e. The number of nitrogens with zero attached hydrogens (tertiary/aromatic N) is 3. The van der Waals surface area contributed by atoms with E-state index in [0.717, 1.165) is 45.0 Å². The predicted molar refractivity (Wildman–Crippen MR) is 229 cm³/mol. The van der Waals surface area contributed by atoms with E-state index in [1.807, 2.05) is 0 Å². The molecule has 11 heteroatoms. The van der Waals surface area contributed by atoms with E-state index in [0.29, 0.717) is 23.0 Å². The van der Waals surface area contributed by atoms with Crippen LogP contribution in [0.4, 0.5) is 0 Å². The van der Waals surface area contributed by atoms with Crippen molar-refractivity contribution >= 4 is 0 Å². The van der Waals surface area contributed by atoms with E-state index < -0.39 is 0 Å². The van der Waals surface area contributed by atoms with Crippen LogP contribution in [0.2, 0.25) is 0 Å². The molecule has 0 aromatic heterocycles. The molecule has 9 saturated heterocycles. The Balaban J connectivity index is 0.000000229. The topological polar surface area (TPSA) is 97.6 Å². The fourth-order valence-corrected chi connectivity index (χ4v) is 10.3. The minimum atomic E-state index is 0. The van der Waals surface area contributed by atoms with Crippen molar-refractivity contribution in [1.29, 1.82) is 0 Å². The molecule has 54 heavy (non-hydrogen) atoms. The normalized spacial score (nSPS) is 30.5. The van der Waals surface area contributed by atoms with Gasteiger partial charge in [-0.25, -0.2) is 0 Å². The molecule has 5 N–H and O–H groups in total. The molecule has 320 valence electrons. The Morgan fingerprint density at radius 2 is 1.13 bits per heavy atom.